The molecule has 2 aliphatic heterocycles. The molecule has 0 radical (unpaired) electrons. The van der Waals surface area contributed by atoms with Gasteiger partial charge < -0.3 is 9.84 Å². The van der Waals surface area contributed by atoms with Gasteiger partial charge in [-0.3, -0.25) is 14.6 Å². The Hall–Kier alpha value is -2.17. The molecular formula is C22H27N3O3S. The van der Waals surface area contributed by atoms with E-state index >= 15 is 0 Å². The van der Waals surface area contributed by atoms with Crippen molar-refractivity contribution in [1.29, 1.82) is 5.26 Å². The van der Waals surface area contributed by atoms with E-state index in [9.17, 15) is 15.2 Å². The van der Waals surface area contributed by atoms with Crippen LogP contribution in [0.15, 0.2) is 28.8 Å². The summed E-state index contributed by atoms with van der Waals surface area (Å²) in [5.41, 5.74) is 1.48. The van der Waals surface area contributed by atoms with Crippen LogP contribution in [-0.4, -0.2) is 46.0 Å². The van der Waals surface area contributed by atoms with Crippen molar-refractivity contribution in [3.05, 3.63) is 34.4 Å². The maximum Gasteiger partial charge on any atom is 0.229 e. The zero-order chi connectivity index (χ0) is 20.4. The number of nitriles is 1. The van der Waals surface area contributed by atoms with E-state index in [1.165, 1.54) is 32.1 Å². The predicted molar refractivity (Wildman–Crippen MR) is 112 cm³/mol. The number of fused-ring (bicyclic) bond motifs is 1. The standard InChI is InChI=1S/C22H27N3O3S/c1-2-28-20-10-15(8-9-19(20)26)17-11-21(27)25-13-24(16-6-4-3-5-7-16)14-29-22(25)18(17)12-23/h8-10,16-17,26H,2-7,11,13-14H2,1H3/t17-/m1/s1. The Morgan fingerprint density at radius 3 is 2.83 bits per heavy atom. The van der Waals surface area contributed by atoms with Crippen molar-refractivity contribution in [2.24, 2.45) is 0 Å². The minimum Gasteiger partial charge on any atom is -0.504 e. The fourth-order valence-electron chi connectivity index (χ4n) is 4.56. The molecule has 0 bridgehead atoms. The Balaban J connectivity index is 1.61. The lowest BCUT2D eigenvalue weighted by Gasteiger charge is -2.44. The third-order valence-electron chi connectivity index (χ3n) is 6.09. The molecule has 4 rings (SSSR count). The summed E-state index contributed by atoms with van der Waals surface area (Å²) >= 11 is 1.61. The molecule has 0 spiro atoms. The third-order valence-corrected chi connectivity index (χ3v) is 7.27. The van der Waals surface area contributed by atoms with Gasteiger partial charge in [0, 0.05) is 18.4 Å². The summed E-state index contributed by atoms with van der Waals surface area (Å²) in [6.45, 7) is 2.88. The highest BCUT2D eigenvalue weighted by atomic mass is 32.2. The molecule has 7 heteroatoms. The lowest BCUT2D eigenvalue weighted by atomic mass is 9.86. The van der Waals surface area contributed by atoms with Crippen molar-refractivity contribution >= 4 is 17.7 Å². The molecule has 154 valence electrons. The van der Waals surface area contributed by atoms with Gasteiger partial charge in [-0.1, -0.05) is 37.1 Å². The number of thioether (sulfide) groups is 1. The quantitative estimate of drug-likeness (QED) is 0.799. The van der Waals surface area contributed by atoms with Crippen LogP contribution in [-0.2, 0) is 4.79 Å². The number of hydrogen-bond donors (Lipinski definition) is 1. The molecule has 1 saturated heterocycles. The first kappa shape index (κ1) is 20.1. The molecule has 1 saturated carbocycles. The van der Waals surface area contributed by atoms with Crippen molar-refractivity contribution in [3.8, 4) is 17.6 Å². The molecular weight excluding hydrogens is 386 g/mol. The van der Waals surface area contributed by atoms with E-state index in [4.69, 9.17) is 4.74 Å². The molecule has 1 N–H and O–H groups in total. The first-order chi connectivity index (χ1) is 14.1. The number of allylic oxidation sites excluding steroid dienone is 1. The average molecular weight is 414 g/mol. The lowest BCUT2D eigenvalue weighted by molar-refractivity contribution is -0.132. The minimum atomic E-state index is -0.299. The maximum atomic E-state index is 13.0. The Morgan fingerprint density at radius 1 is 1.31 bits per heavy atom. The molecule has 29 heavy (non-hydrogen) atoms. The number of rotatable bonds is 4. The molecule has 1 atom stereocenters. The molecule has 1 aromatic rings. The highest BCUT2D eigenvalue weighted by Gasteiger charge is 2.39. The van der Waals surface area contributed by atoms with Gasteiger partial charge in [0.1, 0.15) is 0 Å². The van der Waals surface area contributed by atoms with Gasteiger partial charge in [-0.25, -0.2) is 0 Å². The Morgan fingerprint density at radius 2 is 2.10 bits per heavy atom. The van der Waals surface area contributed by atoms with Crippen LogP contribution in [0.3, 0.4) is 0 Å². The average Bonchev–Trinajstić information content (AvgIpc) is 2.76. The first-order valence-electron chi connectivity index (χ1n) is 10.4. The molecule has 0 unspecified atom stereocenters. The second-order valence-corrected chi connectivity index (χ2v) is 8.80. The Labute approximate surface area is 176 Å². The van der Waals surface area contributed by atoms with Crippen molar-refractivity contribution in [2.75, 3.05) is 19.2 Å². The van der Waals surface area contributed by atoms with E-state index in [1.54, 1.807) is 30.0 Å². The van der Waals surface area contributed by atoms with Gasteiger partial charge in [-0.2, -0.15) is 5.26 Å². The molecule has 1 amide bonds. The zero-order valence-electron chi connectivity index (χ0n) is 16.8. The fraction of sp³-hybridized carbons (Fsp3) is 0.545. The molecule has 1 aromatic carbocycles. The topological polar surface area (TPSA) is 76.8 Å². The molecule has 3 aliphatic rings. The number of phenols is 1. The van der Waals surface area contributed by atoms with Crippen LogP contribution in [0.4, 0.5) is 0 Å². The molecule has 6 nitrogen and oxygen atoms in total. The van der Waals surface area contributed by atoms with Gasteiger partial charge in [-0.15, -0.1) is 0 Å². The van der Waals surface area contributed by atoms with E-state index in [0.717, 1.165) is 16.5 Å². The highest BCUT2D eigenvalue weighted by Crippen LogP contribution is 2.44. The molecule has 2 heterocycles. The van der Waals surface area contributed by atoms with Crippen molar-refractivity contribution in [3.63, 3.8) is 0 Å². The number of amides is 1. The van der Waals surface area contributed by atoms with Crippen LogP contribution < -0.4 is 4.74 Å². The smallest absolute Gasteiger partial charge is 0.229 e. The zero-order valence-corrected chi connectivity index (χ0v) is 17.6. The van der Waals surface area contributed by atoms with E-state index in [2.05, 4.69) is 11.0 Å². The Bertz CT molecular complexity index is 857. The van der Waals surface area contributed by atoms with Crippen LogP contribution >= 0.6 is 11.8 Å². The van der Waals surface area contributed by atoms with Crippen LogP contribution in [0.25, 0.3) is 0 Å². The molecule has 2 fully saturated rings. The van der Waals surface area contributed by atoms with Gasteiger partial charge in [0.15, 0.2) is 11.5 Å². The molecule has 0 aromatic heterocycles. The second kappa shape index (κ2) is 8.68. The number of nitrogens with zero attached hydrogens (tertiary/aromatic N) is 3. The van der Waals surface area contributed by atoms with Crippen LogP contribution in [0.2, 0.25) is 0 Å². The second-order valence-electron chi connectivity index (χ2n) is 7.86. The number of hydrogen-bond acceptors (Lipinski definition) is 6. The van der Waals surface area contributed by atoms with Gasteiger partial charge >= 0.3 is 0 Å². The summed E-state index contributed by atoms with van der Waals surface area (Å²) in [6, 6.07) is 8.04. The van der Waals surface area contributed by atoms with Crippen molar-refractivity contribution < 1.29 is 14.6 Å². The van der Waals surface area contributed by atoms with Gasteiger partial charge in [-0.05, 0) is 37.5 Å². The van der Waals surface area contributed by atoms with E-state index in [-0.39, 0.29) is 24.0 Å². The normalized spacial score (nSPS) is 23.7. The first-order valence-corrected chi connectivity index (χ1v) is 11.4. The monoisotopic (exact) mass is 413 g/mol. The van der Waals surface area contributed by atoms with E-state index < -0.39 is 0 Å². The van der Waals surface area contributed by atoms with Gasteiger partial charge in [0.05, 0.1) is 35.8 Å². The third kappa shape index (κ3) is 3.96. The number of benzene rings is 1. The SMILES string of the molecule is CCOc1cc([C@H]2CC(=O)N3CN(C4CCCCC4)CSC3=C2C#N)ccc1O. The van der Waals surface area contributed by atoms with Crippen LogP contribution in [0, 0.1) is 11.3 Å². The number of carbonyl (C=O) groups is 1. The summed E-state index contributed by atoms with van der Waals surface area (Å²) < 4.78 is 5.50. The van der Waals surface area contributed by atoms with Crippen LogP contribution in [0.1, 0.15) is 56.9 Å². The summed E-state index contributed by atoms with van der Waals surface area (Å²) in [4.78, 5) is 17.2. The van der Waals surface area contributed by atoms with Gasteiger partial charge in [0.25, 0.3) is 0 Å². The number of aromatic hydroxyl groups is 1. The fourth-order valence-corrected chi connectivity index (χ4v) is 5.80. The predicted octanol–water partition coefficient (Wildman–Crippen LogP) is 4.14. The number of ether oxygens (including phenoxy) is 1. The largest absolute Gasteiger partial charge is 0.504 e. The van der Waals surface area contributed by atoms with Gasteiger partial charge in [0.2, 0.25) is 5.91 Å². The highest BCUT2D eigenvalue weighted by molar-refractivity contribution is 8.03. The van der Waals surface area contributed by atoms with Crippen molar-refractivity contribution in [1.82, 2.24) is 9.80 Å². The number of phenolic OH excluding ortho intramolecular Hbond substituents is 1. The number of carbonyl (C=O) groups excluding carboxylic acids is 1. The minimum absolute atomic E-state index is 0.0584. The van der Waals surface area contributed by atoms with Crippen molar-refractivity contribution in [2.45, 2.75) is 57.4 Å². The van der Waals surface area contributed by atoms with E-state index in [0.29, 0.717) is 30.6 Å². The Kier molecular flexibility index (Phi) is 6.02. The lowest BCUT2D eigenvalue weighted by Crippen LogP contribution is -2.51. The molecule has 1 aliphatic carbocycles. The van der Waals surface area contributed by atoms with Crippen LogP contribution in [0.5, 0.6) is 11.5 Å². The summed E-state index contributed by atoms with van der Waals surface area (Å²) in [7, 11) is 0. The summed E-state index contributed by atoms with van der Waals surface area (Å²) in [6.07, 6.45) is 6.49. The maximum absolute atomic E-state index is 13.0. The van der Waals surface area contributed by atoms with E-state index in [1.807, 2.05) is 11.8 Å². The summed E-state index contributed by atoms with van der Waals surface area (Å²) in [5, 5.41) is 20.7. The summed E-state index contributed by atoms with van der Waals surface area (Å²) in [5.74, 6) is 1.04.